The van der Waals surface area contributed by atoms with Crippen molar-refractivity contribution in [3.8, 4) is 11.5 Å². The normalized spacial score (nSPS) is 10.8. The third-order valence-electron chi connectivity index (χ3n) is 2.27. The minimum Gasteiger partial charge on any atom is -0.337 e. The molecule has 0 fully saturated rings. The van der Waals surface area contributed by atoms with Crippen molar-refractivity contribution in [1.29, 1.82) is 0 Å². The van der Waals surface area contributed by atoms with Crippen LogP contribution in [0.2, 0.25) is 0 Å². The predicted octanol–water partition coefficient (Wildman–Crippen LogP) is 2.16. The van der Waals surface area contributed by atoms with E-state index in [-0.39, 0.29) is 5.82 Å². The van der Waals surface area contributed by atoms with Gasteiger partial charge in [-0.3, -0.25) is 4.98 Å². The van der Waals surface area contributed by atoms with Gasteiger partial charge in [-0.15, -0.1) is 0 Å². The third-order valence-corrected chi connectivity index (χ3v) is 2.27. The standard InChI is InChI=1S/C11H7FN4/c12-7-2-1-3-8-10(7)16-11(15-8)9-6-13-4-5-14-9/h1-6H,(H,15,16). The van der Waals surface area contributed by atoms with Gasteiger partial charge >= 0.3 is 0 Å². The van der Waals surface area contributed by atoms with E-state index in [4.69, 9.17) is 0 Å². The number of hydrogen-bond donors (Lipinski definition) is 1. The van der Waals surface area contributed by atoms with Crippen LogP contribution in [0.4, 0.5) is 4.39 Å². The molecule has 0 saturated heterocycles. The number of rotatable bonds is 1. The van der Waals surface area contributed by atoms with Gasteiger partial charge in [0.25, 0.3) is 0 Å². The number of fused-ring (bicyclic) bond motifs is 1. The second-order valence-corrected chi connectivity index (χ2v) is 3.31. The number of halogens is 1. The number of hydrogen-bond acceptors (Lipinski definition) is 3. The molecule has 1 aromatic carbocycles. The Kier molecular flexibility index (Phi) is 1.89. The van der Waals surface area contributed by atoms with E-state index in [0.29, 0.717) is 22.6 Å². The quantitative estimate of drug-likeness (QED) is 0.675. The van der Waals surface area contributed by atoms with Crippen LogP contribution in [0.5, 0.6) is 0 Å². The molecule has 78 valence electrons. The maximum Gasteiger partial charge on any atom is 0.158 e. The summed E-state index contributed by atoms with van der Waals surface area (Å²) in [5, 5.41) is 0. The van der Waals surface area contributed by atoms with Gasteiger partial charge in [0.1, 0.15) is 11.2 Å². The molecule has 0 aliphatic heterocycles. The predicted molar refractivity (Wildman–Crippen MR) is 57.1 cm³/mol. The molecule has 0 unspecified atom stereocenters. The maximum absolute atomic E-state index is 13.4. The van der Waals surface area contributed by atoms with Gasteiger partial charge in [-0.25, -0.2) is 14.4 Å². The Morgan fingerprint density at radius 1 is 1.19 bits per heavy atom. The van der Waals surface area contributed by atoms with Gasteiger partial charge in [-0.2, -0.15) is 0 Å². The van der Waals surface area contributed by atoms with E-state index in [1.54, 1.807) is 30.7 Å². The van der Waals surface area contributed by atoms with E-state index >= 15 is 0 Å². The van der Waals surface area contributed by atoms with Crippen LogP contribution in [0.3, 0.4) is 0 Å². The molecule has 4 nitrogen and oxygen atoms in total. The Morgan fingerprint density at radius 2 is 2.12 bits per heavy atom. The zero-order valence-electron chi connectivity index (χ0n) is 8.18. The first kappa shape index (κ1) is 8.96. The Balaban J connectivity index is 2.23. The summed E-state index contributed by atoms with van der Waals surface area (Å²) in [7, 11) is 0. The molecule has 0 saturated carbocycles. The molecule has 0 amide bonds. The lowest BCUT2D eigenvalue weighted by atomic mass is 10.3. The number of para-hydroxylation sites is 1. The van der Waals surface area contributed by atoms with Crippen molar-refractivity contribution in [2.75, 3.05) is 0 Å². The first-order valence-corrected chi connectivity index (χ1v) is 4.75. The minimum absolute atomic E-state index is 0.322. The summed E-state index contributed by atoms with van der Waals surface area (Å²) in [6.45, 7) is 0. The molecule has 2 heterocycles. The van der Waals surface area contributed by atoms with Crippen molar-refractivity contribution in [3.05, 3.63) is 42.6 Å². The van der Waals surface area contributed by atoms with Crippen LogP contribution in [0.25, 0.3) is 22.6 Å². The van der Waals surface area contributed by atoms with E-state index in [9.17, 15) is 4.39 Å². The van der Waals surface area contributed by atoms with Gasteiger partial charge in [-0.1, -0.05) is 6.07 Å². The van der Waals surface area contributed by atoms with Crippen molar-refractivity contribution >= 4 is 11.0 Å². The van der Waals surface area contributed by atoms with Crippen LogP contribution in [0.1, 0.15) is 0 Å². The van der Waals surface area contributed by atoms with E-state index in [0.717, 1.165) is 0 Å². The highest BCUT2D eigenvalue weighted by atomic mass is 19.1. The minimum atomic E-state index is -0.344. The van der Waals surface area contributed by atoms with Gasteiger partial charge in [0.05, 0.1) is 11.7 Å². The highest BCUT2D eigenvalue weighted by Gasteiger charge is 2.08. The number of aromatic nitrogens is 4. The average molecular weight is 214 g/mol. The summed E-state index contributed by atoms with van der Waals surface area (Å²) in [6.07, 6.45) is 4.72. The molecule has 5 heteroatoms. The monoisotopic (exact) mass is 214 g/mol. The second kappa shape index (κ2) is 3.37. The zero-order chi connectivity index (χ0) is 11.0. The van der Waals surface area contributed by atoms with E-state index in [1.807, 2.05) is 0 Å². The van der Waals surface area contributed by atoms with Gasteiger partial charge in [-0.05, 0) is 12.1 Å². The van der Waals surface area contributed by atoms with Crippen LogP contribution in [0, 0.1) is 5.82 Å². The van der Waals surface area contributed by atoms with Crippen LogP contribution in [-0.2, 0) is 0 Å². The van der Waals surface area contributed by atoms with Gasteiger partial charge in [0.2, 0.25) is 0 Å². The van der Waals surface area contributed by atoms with Crippen LogP contribution in [0.15, 0.2) is 36.8 Å². The lowest BCUT2D eigenvalue weighted by Gasteiger charge is -1.91. The molecular formula is C11H7FN4. The Bertz CT molecular complexity index is 633. The first-order chi connectivity index (χ1) is 7.84. The van der Waals surface area contributed by atoms with Crippen molar-refractivity contribution in [2.24, 2.45) is 0 Å². The number of benzene rings is 1. The number of aromatic amines is 1. The fraction of sp³-hybridized carbons (Fsp3) is 0. The highest BCUT2D eigenvalue weighted by molar-refractivity contribution is 5.79. The van der Waals surface area contributed by atoms with Crippen LogP contribution >= 0.6 is 0 Å². The van der Waals surface area contributed by atoms with E-state index in [2.05, 4.69) is 19.9 Å². The molecule has 0 atom stereocenters. The van der Waals surface area contributed by atoms with Crippen molar-refractivity contribution in [2.45, 2.75) is 0 Å². The molecule has 0 bridgehead atoms. The fourth-order valence-corrected chi connectivity index (χ4v) is 1.54. The third kappa shape index (κ3) is 1.33. The molecule has 3 aromatic rings. The number of H-pyrrole nitrogens is 1. The SMILES string of the molecule is Fc1cccc2[nH]c(-c3cnccn3)nc12. The van der Waals surface area contributed by atoms with Gasteiger partial charge in [0.15, 0.2) is 11.6 Å². The molecule has 1 N–H and O–H groups in total. The van der Waals surface area contributed by atoms with Crippen molar-refractivity contribution in [1.82, 2.24) is 19.9 Å². The fourth-order valence-electron chi connectivity index (χ4n) is 1.54. The summed E-state index contributed by atoms with van der Waals surface area (Å²) in [5.41, 5.74) is 1.57. The average Bonchev–Trinajstić information content (AvgIpc) is 2.76. The summed E-state index contributed by atoms with van der Waals surface area (Å²) in [4.78, 5) is 15.2. The topological polar surface area (TPSA) is 54.5 Å². The molecule has 0 spiro atoms. The van der Waals surface area contributed by atoms with Gasteiger partial charge in [0, 0.05) is 12.4 Å². The Labute approximate surface area is 90.2 Å². The molecule has 2 aromatic heterocycles. The zero-order valence-corrected chi connectivity index (χ0v) is 8.18. The van der Waals surface area contributed by atoms with Crippen molar-refractivity contribution in [3.63, 3.8) is 0 Å². The maximum atomic E-state index is 13.4. The highest BCUT2D eigenvalue weighted by Crippen LogP contribution is 2.19. The summed E-state index contributed by atoms with van der Waals surface area (Å²) >= 11 is 0. The molecule has 16 heavy (non-hydrogen) atoms. The Hall–Kier alpha value is -2.30. The molecule has 0 aliphatic rings. The lowest BCUT2D eigenvalue weighted by molar-refractivity contribution is 0.637. The lowest BCUT2D eigenvalue weighted by Crippen LogP contribution is -1.85. The molecule has 3 rings (SSSR count). The van der Waals surface area contributed by atoms with E-state index in [1.165, 1.54) is 6.07 Å². The summed E-state index contributed by atoms with van der Waals surface area (Å²) in [6, 6.07) is 4.78. The number of nitrogens with one attached hydrogen (secondary N) is 1. The Morgan fingerprint density at radius 3 is 2.88 bits per heavy atom. The molecule has 0 aliphatic carbocycles. The number of imidazole rings is 1. The van der Waals surface area contributed by atoms with Crippen LogP contribution in [-0.4, -0.2) is 19.9 Å². The smallest absolute Gasteiger partial charge is 0.158 e. The van der Waals surface area contributed by atoms with Crippen LogP contribution < -0.4 is 0 Å². The van der Waals surface area contributed by atoms with Crippen molar-refractivity contribution < 1.29 is 4.39 Å². The molecular weight excluding hydrogens is 207 g/mol. The second-order valence-electron chi connectivity index (χ2n) is 3.31. The van der Waals surface area contributed by atoms with Gasteiger partial charge < -0.3 is 4.98 Å². The molecule has 0 radical (unpaired) electrons. The van der Waals surface area contributed by atoms with E-state index < -0.39 is 0 Å². The summed E-state index contributed by atoms with van der Waals surface area (Å²) < 4.78 is 13.4. The number of nitrogens with zero attached hydrogens (tertiary/aromatic N) is 3. The largest absolute Gasteiger partial charge is 0.337 e. The summed E-state index contributed by atoms with van der Waals surface area (Å²) in [5.74, 6) is 0.178. The first-order valence-electron chi connectivity index (χ1n) is 4.75.